The zero-order valence-corrected chi connectivity index (χ0v) is 12.2. The van der Waals surface area contributed by atoms with Crippen molar-refractivity contribution in [3.05, 3.63) is 53.3 Å². The summed E-state index contributed by atoms with van der Waals surface area (Å²) in [5, 5.41) is 7.97. The van der Waals surface area contributed by atoms with E-state index in [9.17, 15) is 0 Å². The molecule has 3 heteroatoms. The minimum atomic E-state index is 0.301. The van der Waals surface area contributed by atoms with Crippen molar-refractivity contribution in [3.8, 4) is 0 Å². The highest BCUT2D eigenvalue weighted by Crippen LogP contribution is 2.21. The zero-order chi connectivity index (χ0) is 13.8. The van der Waals surface area contributed by atoms with E-state index in [1.54, 1.807) is 0 Å². The Morgan fingerprint density at radius 2 is 1.95 bits per heavy atom. The molecule has 0 aliphatic carbocycles. The van der Waals surface area contributed by atoms with Crippen LogP contribution < -0.4 is 5.32 Å². The second-order valence-electron chi connectivity index (χ2n) is 5.10. The molecule has 0 aliphatic rings. The smallest absolute Gasteiger partial charge is 0.0537 e. The van der Waals surface area contributed by atoms with E-state index in [-0.39, 0.29) is 0 Å². The third-order valence-corrected chi connectivity index (χ3v) is 3.63. The normalized spacial score (nSPS) is 14.3. The second-order valence-corrected chi connectivity index (χ2v) is 5.10. The van der Waals surface area contributed by atoms with Gasteiger partial charge in [0.1, 0.15) is 0 Å². The van der Waals surface area contributed by atoms with E-state index in [4.69, 9.17) is 0 Å². The van der Waals surface area contributed by atoms with E-state index in [1.165, 1.54) is 16.7 Å². The van der Waals surface area contributed by atoms with Crippen LogP contribution in [0.2, 0.25) is 0 Å². The fourth-order valence-corrected chi connectivity index (χ4v) is 2.41. The number of aromatic nitrogens is 2. The van der Waals surface area contributed by atoms with Crippen LogP contribution in [0.5, 0.6) is 0 Å². The van der Waals surface area contributed by atoms with E-state index in [0.29, 0.717) is 12.1 Å². The maximum atomic E-state index is 4.33. The van der Waals surface area contributed by atoms with Gasteiger partial charge in [-0.25, -0.2) is 0 Å². The van der Waals surface area contributed by atoms with Gasteiger partial charge in [0, 0.05) is 30.4 Å². The molecule has 1 aromatic heterocycles. The molecule has 102 valence electrons. The first-order chi connectivity index (χ1) is 9.11. The van der Waals surface area contributed by atoms with Gasteiger partial charge in [0.15, 0.2) is 0 Å². The number of aryl methyl sites for hydroxylation is 2. The fraction of sp³-hybridized carbons (Fsp3) is 0.438. The van der Waals surface area contributed by atoms with E-state index >= 15 is 0 Å². The molecule has 0 spiro atoms. The van der Waals surface area contributed by atoms with E-state index in [1.807, 2.05) is 10.9 Å². The average Bonchev–Trinajstić information content (AvgIpc) is 2.88. The predicted molar refractivity (Wildman–Crippen MR) is 79.0 cm³/mol. The van der Waals surface area contributed by atoms with Crippen LogP contribution in [0.3, 0.4) is 0 Å². The van der Waals surface area contributed by atoms with Gasteiger partial charge in [0.05, 0.1) is 6.20 Å². The quantitative estimate of drug-likeness (QED) is 0.886. The standard InChI is InChI=1S/C16H23N3/c1-5-19-11-15(10-17-19)13(3)18-14(4)16-9-7-6-8-12(16)2/h6-11,13-14,18H,5H2,1-4H3/t13?,14-/m1/s1. The summed E-state index contributed by atoms with van der Waals surface area (Å²) in [6.07, 6.45) is 4.06. The van der Waals surface area contributed by atoms with Gasteiger partial charge >= 0.3 is 0 Å². The Kier molecular flexibility index (Phi) is 4.38. The predicted octanol–water partition coefficient (Wildman–Crippen LogP) is 3.62. The highest BCUT2D eigenvalue weighted by atomic mass is 15.3. The lowest BCUT2D eigenvalue weighted by molar-refractivity contribution is 0.492. The lowest BCUT2D eigenvalue weighted by Gasteiger charge is -2.21. The van der Waals surface area contributed by atoms with Crippen LogP contribution in [-0.2, 0) is 6.54 Å². The Morgan fingerprint density at radius 1 is 1.21 bits per heavy atom. The molecule has 0 aliphatic heterocycles. The molecular formula is C16H23N3. The molecule has 2 aromatic rings. The average molecular weight is 257 g/mol. The van der Waals surface area contributed by atoms with Crippen LogP contribution in [0, 0.1) is 6.92 Å². The lowest BCUT2D eigenvalue weighted by Crippen LogP contribution is -2.22. The Hall–Kier alpha value is -1.61. The van der Waals surface area contributed by atoms with E-state index in [0.717, 1.165) is 6.54 Å². The summed E-state index contributed by atoms with van der Waals surface area (Å²) in [6.45, 7) is 9.58. The molecule has 0 amide bonds. The van der Waals surface area contributed by atoms with Gasteiger partial charge in [0.25, 0.3) is 0 Å². The van der Waals surface area contributed by atoms with Crippen LogP contribution >= 0.6 is 0 Å². The maximum Gasteiger partial charge on any atom is 0.0537 e. The van der Waals surface area contributed by atoms with Crippen molar-refractivity contribution >= 4 is 0 Å². The number of nitrogens with zero attached hydrogens (tertiary/aromatic N) is 2. The first-order valence-electron chi connectivity index (χ1n) is 6.95. The number of hydrogen-bond acceptors (Lipinski definition) is 2. The van der Waals surface area contributed by atoms with Crippen molar-refractivity contribution in [2.24, 2.45) is 0 Å². The molecule has 1 unspecified atom stereocenters. The summed E-state index contributed by atoms with van der Waals surface area (Å²) in [5.41, 5.74) is 3.93. The molecule has 1 N–H and O–H groups in total. The summed E-state index contributed by atoms with van der Waals surface area (Å²) in [4.78, 5) is 0. The van der Waals surface area contributed by atoms with Crippen LogP contribution in [-0.4, -0.2) is 9.78 Å². The van der Waals surface area contributed by atoms with E-state index in [2.05, 4.69) is 68.6 Å². The van der Waals surface area contributed by atoms with Gasteiger partial charge in [-0.15, -0.1) is 0 Å². The molecule has 0 fully saturated rings. The molecule has 2 atom stereocenters. The number of rotatable bonds is 5. The summed E-state index contributed by atoms with van der Waals surface area (Å²) < 4.78 is 1.96. The zero-order valence-electron chi connectivity index (χ0n) is 12.2. The molecule has 3 nitrogen and oxygen atoms in total. The molecule has 1 aromatic carbocycles. The van der Waals surface area contributed by atoms with Crippen molar-refractivity contribution in [1.29, 1.82) is 0 Å². The molecular weight excluding hydrogens is 234 g/mol. The highest BCUT2D eigenvalue weighted by molar-refractivity contribution is 5.28. The van der Waals surface area contributed by atoms with E-state index < -0.39 is 0 Å². The topological polar surface area (TPSA) is 29.9 Å². The van der Waals surface area contributed by atoms with Crippen molar-refractivity contribution < 1.29 is 0 Å². The largest absolute Gasteiger partial charge is 0.304 e. The molecule has 19 heavy (non-hydrogen) atoms. The van der Waals surface area contributed by atoms with Crippen LogP contribution in [0.1, 0.15) is 49.5 Å². The highest BCUT2D eigenvalue weighted by Gasteiger charge is 2.13. The Balaban J connectivity index is 2.06. The van der Waals surface area contributed by atoms with Crippen LogP contribution in [0.4, 0.5) is 0 Å². The van der Waals surface area contributed by atoms with Crippen molar-refractivity contribution in [2.45, 2.75) is 46.3 Å². The van der Waals surface area contributed by atoms with Gasteiger partial charge in [0.2, 0.25) is 0 Å². The fourth-order valence-electron chi connectivity index (χ4n) is 2.41. The minimum Gasteiger partial charge on any atom is -0.304 e. The van der Waals surface area contributed by atoms with Crippen LogP contribution in [0.15, 0.2) is 36.7 Å². The van der Waals surface area contributed by atoms with Gasteiger partial charge in [-0.1, -0.05) is 24.3 Å². The first kappa shape index (κ1) is 13.8. The molecule has 0 radical (unpaired) electrons. The summed E-state index contributed by atoms with van der Waals surface area (Å²) in [5.74, 6) is 0. The van der Waals surface area contributed by atoms with Gasteiger partial charge in [-0.2, -0.15) is 5.10 Å². The van der Waals surface area contributed by atoms with Gasteiger partial charge in [-0.05, 0) is 38.8 Å². The molecule has 0 saturated carbocycles. The summed E-state index contributed by atoms with van der Waals surface area (Å²) in [7, 11) is 0. The lowest BCUT2D eigenvalue weighted by atomic mass is 10.0. The van der Waals surface area contributed by atoms with Crippen molar-refractivity contribution in [1.82, 2.24) is 15.1 Å². The minimum absolute atomic E-state index is 0.301. The maximum absolute atomic E-state index is 4.33. The molecule has 0 saturated heterocycles. The Morgan fingerprint density at radius 3 is 2.58 bits per heavy atom. The molecule has 2 rings (SSSR count). The Labute approximate surface area is 115 Å². The number of nitrogens with one attached hydrogen (secondary N) is 1. The second kappa shape index (κ2) is 6.02. The number of benzene rings is 1. The third-order valence-electron chi connectivity index (χ3n) is 3.63. The summed E-state index contributed by atoms with van der Waals surface area (Å²) in [6, 6.07) is 9.17. The third kappa shape index (κ3) is 3.24. The Bertz CT molecular complexity index is 530. The van der Waals surface area contributed by atoms with Crippen molar-refractivity contribution in [2.75, 3.05) is 0 Å². The monoisotopic (exact) mass is 257 g/mol. The number of hydrogen-bond donors (Lipinski definition) is 1. The summed E-state index contributed by atoms with van der Waals surface area (Å²) >= 11 is 0. The molecule has 1 heterocycles. The van der Waals surface area contributed by atoms with Gasteiger partial charge in [-0.3, -0.25) is 4.68 Å². The van der Waals surface area contributed by atoms with Crippen molar-refractivity contribution in [3.63, 3.8) is 0 Å². The van der Waals surface area contributed by atoms with Gasteiger partial charge < -0.3 is 5.32 Å². The first-order valence-corrected chi connectivity index (χ1v) is 6.95. The SMILES string of the molecule is CCn1cc(C(C)N[C@H](C)c2ccccc2C)cn1. The molecule has 0 bridgehead atoms. The van der Waals surface area contributed by atoms with Crippen LogP contribution in [0.25, 0.3) is 0 Å².